The molecule has 1 amide bonds. The minimum Gasteiger partial charge on any atom is -0.497 e. The first-order valence-electron chi connectivity index (χ1n) is 9.23. The van der Waals surface area contributed by atoms with Gasteiger partial charge in [-0.15, -0.1) is 0 Å². The molecule has 1 aromatic rings. The molecule has 25 heavy (non-hydrogen) atoms. The van der Waals surface area contributed by atoms with Gasteiger partial charge in [0.2, 0.25) is 5.91 Å². The largest absolute Gasteiger partial charge is 0.497 e. The first-order chi connectivity index (χ1) is 11.6. The highest BCUT2D eigenvalue weighted by molar-refractivity contribution is 6.74. The summed E-state index contributed by atoms with van der Waals surface area (Å²) in [7, 11) is -0.151. The van der Waals surface area contributed by atoms with Crippen molar-refractivity contribution in [1.29, 1.82) is 0 Å². The van der Waals surface area contributed by atoms with Crippen LogP contribution in [-0.4, -0.2) is 38.4 Å². The number of hydrogen-bond donors (Lipinski definition) is 0. The van der Waals surface area contributed by atoms with Crippen molar-refractivity contribution in [1.82, 2.24) is 4.90 Å². The van der Waals surface area contributed by atoms with Crippen LogP contribution in [0, 0.1) is 5.92 Å². The van der Waals surface area contributed by atoms with Gasteiger partial charge in [0, 0.05) is 12.5 Å². The molecule has 4 nitrogen and oxygen atoms in total. The van der Waals surface area contributed by atoms with E-state index in [4.69, 9.17) is 9.16 Å². The monoisotopic (exact) mass is 361 g/mol. The number of amides is 1. The van der Waals surface area contributed by atoms with Gasteiger partial charge in [0.25, 0.3) is 0 Å². The van der Waals surface area contributed by atoms with Gasteiger partial charge in [-0.2, -0.15) is 0 Å². The Kier molecular flexibility index (Phi) is 4.75. The van der Waals surface area contributed by atoms with Crippen LogP contribution in [0.1, 0.15) is 39.2 Å². The maximum atomic E-state index is 12.7. The molecule has 138 valence electrons. The highest BCUT2D eigenvalue weighted by atomic mass is 28.4. The number of nitrogens with zero attached hydrogens (tertiary/aromatic N) is 1. The molecular formula is C20H31NO3Si. The van der Waals surface area contributed by atoms with Gasteiger partial charge in [-0.3, -0.25) is 4.79 Å². The number of hydrogen-bond acceptors (Lipinski definition) is 3. The lowest BCUT2D eigenvalue weighted by atomic mass is 10.1. The molecule has 1 aliphatic heterocycles. The van der Waals surface area contributed by atoms with Crippen molar-refractivity contribution >= 4 is 14.2 Å². The Hall–Kier alpha value is -1.33. The van der Waals surface area contributed by atoms with E-state index in [0.29, 0.717) is 12.5 Å². The second kappa shape index (κ2) is 6.43. The first kappa shape index (κ1) is 18.5. The summed E-state index contributed by atoms with van der Waals surface area (Å²) in [5.74, 6) is 1.30. The highest BCUT2D eigenvalue weighted by Gasteiger charge is 2.53. The van der Waals surface area contributed by atoms with E-state index in [9.17, 15) is 4.79 Å². The lowest BCUT2D eigenvalue weighted by molar-refractivity contribution is -0.137. The lowest BCUT2D eigenvalue weighted by Gasteiger charge is -2.42. The summed E-state index contributed by atoms with van der Waals surface area (Å²) < 4.78 is 11.9. The van der Waals surface area contributed by atoms with E-state index in [0.717, 1.165) is 24.2 Å². The van der Waals surface area contributed by atoms with Crippen molar-refractivity contribution in [2.24, 2.45) is 5.92 Å². The van der Waals surface area contributed by atoms with E-state index < -0.39 is 8.32 Å². The van der Waals surface area contributed by atoms with E-state index in [-0.39, 0.29) is 23.1 Å². The molecule has 0 spiro atoms. The van der Waals surface area contributed by atoms with Crippen molar-refractivity contribution in [3.8, 4) is 5.75 Å². The van der Waals surface area contributed by atoms with Crippen LogP contribution in [0.25, 0.3) is 0 Å². The Labute approximate surface area is 152 Å². The van der Waals surface area contributed by atoms with E-state index in [2.05, 4.69) is 33.9 Å². The van der Waals surface area contributed by atoms with Crippen molar-refractivity contribution in [3.05, 3.63) is 29.8 Å². The van der Waals surface area contributed by atoms with Crippen LogP contribution in [0.5, 0.6) is 5.75 Å². The molecule has 2 bridgehead atoms. The molecule has 0 aromatic heterocycles. The molecule has 0 N–H and O–H groups in total. The Morgan fingerprint density at radius 2 is 1.80 bits per heavy atom. The lowest BCUT2D eigenvalue weighted by Crippen LogP contribution is -2.51. The Morgan fingerprint density at radius 1 is 1.16 bits per heavy atom. The summed E-state index contributed by atoms with van der Waals surface area (Å²) in [5, 5.41) is 0.194. The van der Waals surface area contributed by atoms with Crippen LogP contribution in [0.2, 0.25) is 18.1 Å². The summed E-state index contributed by atoms with van der Waals surface area (Å²) in [6.07, 6.45) is 2.05. The number of ether oxygens (including phenoxy) is 1. The number of rotatable bonds is 5. The Morgan fingerprint density at radius 3 is 2.32 bits per heavy atom. The van der Waals surface area contributed by atoms with E-state index >= 15 is 0 Å². The fourth-order valence-corrected chi connectivity index (χ4v) is 5.07. The number of piperidine rings is 1. The second-order valence-electron chi connectivity index (χ2n) is 8.97. The molecule has 1 saturated heterocycles. The van der Waals surface area contributed by atoms with Crippen LogP contribution in [0.3, 0.4) is 0 Å². The number of carbonyl (C=O) groups is 1. The molecule has 3 rings (SSSR count). The number of fused-ring (bicyclic) bond motifs is 2. The number of benzene rings is 1. The molecule has 1 heterocycles. The van der Waals surface area contributed by atoms with Gasteiger partial charge in [-0.05, 0) is 48.7 Å². The van der Waals surface area contributed by atoms with E-state index in [1.165, 1.54) is 0 Å². The van der Waals surface area contributed by atoms with Crippen LogP contribution in [-0.2, 0) is 15.8 Å². The van der Waals surface area contributed by atoms with E-state index in [1.54, 1.807) is 7.11 Å². The van der Waals surface area contributed by atoms with Gasteiger partial charge in [0.05, 0.1) is 19.3 Å². The smallest absolute Gasteiger partial charge is 0.226 e. The van der Waals surface area contributed by atoms with Gasteiger partial charge in [-0.1, -0.05) is 32.9 Å². The third-order valence-electron chi connectivity index (χ3n) is 6.27. The molecule has 0 unspecified atom stereocenters. The summed E-state index contributed by atoms with van der Waals surface area (Å²) in [5.41, 5.74) is 1.15. The SMILES string of the molecule is COc1ccc(CN2C(=O)[C@@H]3C[C@H](O[Si](C)(C)C(C)(C)C)[C@H]2C3)cc1. The molecule has 1 aromatic carbocycles. The minimum atomic E-state index is -1.82. The number of carbonyl (C=O) groups excluding carboxylic acids is 1. The average Bonchev–Trinajstić information content (AvgIpc) is 3.06. The Bertz CT molecular complexity index is 635. The zero-order chi connectivity index (χ0) is 18.4. The van der Waals surface area contributed by atoms with E-state index in [1.807, 2.05) is 29.2 Å². The van der Waals surface area contributed by atoms with Crippen molar-refractivity contribution in [2.75, 3.05) is 7.11 Å². The summed E-state index contributed by atoms with van der Waals surface area (Å²) in [6.45, 7) is 12.1. The fourth-order valence-electron chi connectivity index (χ4n) is 3.71. The molecule has 2 fully saturated rings. The second-order valence-corrected chi connectivity index (χ2v) is 13.7. The third-order valence-corrected chi connectivity index (χ3v) is 10.8. The van der Waals surface area contributed by atoms with Crippen LogP contribution in [0.4, 0.5) is 0 Å². The standard InChI is InChI=1S/C20H31NO3Si/c1-20(2,3)25(5,6)24-18-12-15-11-17(18)21(19(15)22)13-14-7-9-16(23-4)10-8-14/h7-10,15,17-18H,11-13H2,1-6H3/t15-,17+,18-/m0/s1. The summed E-state index contributed by atoms with van der Waals surface area (Å²) in [6, 6.07) is 8.23. The molecule has 3 atom stereocenters. The molecule has 0 radical (unpaired) electrons. The maximum absolute atomic E-state index is 12.7. The van der Waals surface area contributed by atoms with Gasteiger partial charge < -0.3 is 14.1 Å². The molecule has 1 aliphatic carbocycles. The van der Waals surface area contributed by atoms with Crippen molar-refractivity contribution in [3.63, 3.8) is 0 Å². The average molecular weight is 362 g/mol. The summed E-state index contributed by atoms with van der Waals surface area (Å²) >= 11 is 0. The van der Waals surface area contributed by atoms with Crippen molar-refractivity contribution < 1.29 is 14.0 Å². The molecule has 5 heteroatoms. The maximum Gasteiger partial charge on any atom is 0.226 e. The minimum absolute atomic E-state index is 0.151. The van der Waals surface area contributed by atoms with Crippen LogP contribution < -0.4 is 4.74 Å². The van der Waals surface area contributed by atoms with Gasteiger partial charge in [0.15, 0.2) is 8.32 Å². The molecule has 1 saturated carbocycles. The quantitative estimate of drug-likeness (QED) is 0.738. The van der Waals surface area contributed by atoms with Gasteiger partial charge in [0.1, 0.15) is 5.75 Å². The van der Waals surface area contributed by atoms with Crippen molar-refractivity contribution in [2.45, 2.75) is 70.4 Å². The first-order valence-corrected chi connectivity index (χ1v) is 12.1. The predicted octanol–water partition coefficient (Wildman–Crippen LogP) is 4.21. The molecular weight excluding hydrogens is 330 g/mol. The number of likely N-dealkylation sites (tertiary alicyclic amines) is 1. The summed E-state index contributed by atoms with van der Waals surface area (Å²) in [4.78, 5) is 14.7. The molecule has 2 aliphatic rings. The Balaban J connectivity index is 1.72. The topological polar surface area (TPSA) is 38.8 Å². The third kappa shape index (κ3) is 3.49. The van der Waals surface area contributed by atoms with Gasteiger partial charge >= 0.3 is 0 Å². The fraction of sp³-hybridized carbons (Fsp3) is 0.650. The highest BCUT2D eigenvalue weighted by Crippen LogP contribution is 2.45. The zero-order valence-corrected chi connectivity index (χ0v) is 17.3. The normalized spacial score (nSPS) is 26.4. The zero-order valence-electron chi connectivity index (χ0n) is 16.3. The number of methoxy groups -OCH3 is 1. The van der Waals surface area contributed by atoms with Gasteiger partial charge in [-0.25, -0.2) is 0 Å². The van der Waals surface area contributed by atoms with Crippen LogP contribution in [0.15, 0.2) is 24.3 Å². The van der Waals surface area contributed by atoms with Crippen LogP contribution >= 0.6 is 0 Å². The predicted molar refractivity (Wildman–Crippen MR) is 102 cm³/mol.